The Morgan fingerprint density at radius 3 is 2.21 bits per heavy atom. The molecule has 1 aliphatic rings. The highest BCUT2D eigenvalue weighted by Gasteiger charge is 2.26. The Morgan fingerprint density at radius 1 is 1.07 bits per heavy atom. The number of nitrogens with zero attached hydrogens (tertiary/aromatic N) is 1. The van der Waals surface area contributed by atoms with Crippen LogP contribution in [0.3, 0.4) is 0 Å². The smallest absolute Gasteiger partial charge is 0.414 e. The van der Waals surface area contributed by atoms with Crippen molar-refractivity contribution < 1.29 is 29.3 Å². The zero-order valence-corrected chi connectivity index (χ0v) is 15.7. The van der Waals surface area contributed by atoms with E-state index >= 15 is 0 Å². The van der Waals surface area contributed by atoms with Crippen LogP contribution in [-0.4, -0.2) is 59.0 Å². The van der Waals surface area contributed by atoms with E-state index in [1.807, 2.05) is 30.3 Å². The Morgan fingerprint density at radius 2 is 1.64 bits per heavy atom. The monoisotopic (exact) mass is 387 g/mol. The summed E-state index contributed by atoms with van der Waals surface area (Å²) in [5.74, 6) is -2.75. The first kappa shape index (κ1) is 21.4. The first-order valence-corrected chi connectivity index (χ1v) is 9.01. The predicted octanol–water partition coefficient (Wildman–Crippen LogP) is 2.51. The van der Waals surface area contributed by atoms with Crippen molar-refractivity contribution in [2.75, 3.05) is 19.7 Å². The quantitative estimate of drug-likeness (QED) is 0.761. The number of hydrogen-bond acceptors (Lipinski definition) is 5. The second-order valence-electron chi connectivity index (χ2n) is 6.38. The Hall–Kier alpha value is -2.90. The van der Waals surface area contributed by atoms with Crippen molar-refractivity contribution in [1.29, 1.82) is 0 Å². The first-order chi connectivity index (χ1) is 13.5. The van der Waals surface area contributed by atoms with Crippen LogP contribution in [0.5, 0.6) is 5.75 Å². The van der Waals surface area contributed by atoms with Gasteiger partial charge in [-0.05, 0) is 24.6 Å². The maximum absolute atomic E-state index is 9.10. The van der Waals surface area contributed by atoms with Crippen LogP contribution in [-0.2, 0) is 20.9 Å². The van der Waals surface area contributed by atoms with Crippen molar-refractivity contribution in [2.45, 2.75) is 25.7 Å². The third-order valence-electron chi connectivity index (χ3n) is 4.20. The molecule has 0 aromatic heterocycles. The maximum atomic E-state index is 9.10. The number of para-hydroxylation sites is 1. The molecule has 2 unspecified atom stereocenters. The van der Waals surface area contributed by atoms with E-state index in [0.717, 1.165) is 32.0 Å². The van der Waals surface area contributed by atoms with Gasteiger partial charge >= 0.3 is 11.9 Å². The second kappa shape index (κ2) is 11.1. The molecule has 2 aromatic rings. The second-order valence-corrected chi connectivity index (χ2v) is 6.38. The van der Waals surface area contributed by atoms with Crippen LogP contribution in [0.15, 0.2) is 60.7 Å². The number of carboxylic acids is 2. The molecule has 2 aromatic carbocycles. The van der Waals surface area contributed by atoms with Crippen molar-refractivity contribution in [1.82, 2.24) is 4.90 Å². The van der Waals surface area contributed by atoms with Gasteiger partial charge in [-0.15, -0.1) is 0 Å². The molecule has 7 heteroatoms. The SMILES string of the molecule is CC(Oc1ccccc1)C1CN(Cc2ccccc2)CCO1.O=C(O)C(=O)O. The predicted molar refractivity (Wildman–Crippen MR) is 103 cm³/mol. The fraction of sp³-hybridized carbons (Fsp3) is 0.333. The first-order valence-electron chi connectivity index (χ1n) is 9.01. The van der Waals surface area contributed by atoms with Gasteiger partial charge in [-0.1, -0.05) is 48.5 Å². The molecule has 150 valence electrons. The van der Waals surface area contributed by atoms with Crippen LogP contribution < -0.4 is 4.74 Å². The van der Waals surface area contributed by atoms with Crippen LogP contribution in [0.4, 0.5) is 0 Å². The fourth-order valence-electron chi connectivity index (χ4n) is 2.79. The summed E-state index contributed by atoms with van der Waals surface area (Å²) < 4.78 is 11.9. The number of benzene rings is 2. The van der Waals surface area contributed by atoms with Gasteiger partial charge in [-0.3, -0.25) is 4.90 Å². The van der Waals surface area contributed by atoms with E-state index in [4.69, 9.17) is 29.3 Å². The van der Waals surface area contributed by atoms with E-state index in [1.54, 1.807) is 0 Å². The third kappa shape index (κ3) is 7.38. The lowest BCUT2D eigenvalue weighted by Gasteiger charge is -2.35. The summed E-state index contributed by atoms with van der Waals surface area (Å²) in [6.45, 7) is 5.70. The molecule has 2 atom stereocenters. The van der Waals surface area contributed by atoms with Crippen LogP contribution in [0.2, 0.25) is 0 Å². The van der Waals surface area contributed by atoms with Crippen molar-refractivity contribution in [3.8, 4) is 5.75 Å². The number of hydrogen-bond donors (Lipinski definition) is 2. The summed E-state index contributed by atoms with van der Waals surface area (Å²) in [7, 11) is 0. The zero-order chi connectivity index (χ0) is 20.4. The zero-order valence-electron chi connectivity index (χ0n) is 15.7. The lowest BCUT2D eigenvalue weighted by molar-refractivity contribution is -0.159. The van der Waals surface area contributed by atoms with Gasteiger partial charge in [-0.25, -0.2) is 9.59 Å². The molecule has 1 heterocycles. The molecule has 28 heavy (non-hydrogen) atoms. The minimum absolute atomic E-state index is 0.0426. The summed E-state index contributed by atoms with van der Waals surface area (Å²) >= 11 is 0. The Kier molecular flexibility index (Phi) is 8.45. The van der Waals surface area contributed by atoms with Crippen LogP contribution in [0.25, 0.3) is 0 Å². The van der Waals surface area contributed by atoms with Crippen molar-refractivity contribution in [3.63, 3.8) is 0 Å². The number of rotatable bonds is 5. The summed E-state index contributed by atoms with van der Waals surface area (Å²) in [5.41, 5.74) is 1.35. The topological polar surface area (TPSA) is 96.3 Å². The molecule has 1 saturated heterocycles. The van der Waals surface area contributed by atoms with Crippen LogP contribution >= 0.6 is 0 Å². The molecule has 0 radical (unpaired) electrons. The maximum Gasteiger partial charge on any atom is 0.414 e. The van der Waals surface area contributed by atoms with Gasteiger partial charge in [0.25, 0.3) is 0 Å². The van der Waals surface area contributed by atoms with Gasteiger partial charge in [0.15, 0.2) is 0 Å². The van der Waals surface area contributed by atoms with Gasteiger partial charge < -0.3 is 19.7 Å². The van der Waals surface area contributed by atoms with E-state index in [0.29, 0.717) is 0 Å². The summed E-state index contributed by atoms with van der Waals surface area (Å²) in [6.07, 6.45) is 0.152. The molecule has 1 fully saturated rings. The summed E-state index contributed by atoms with van der Waals surface area (Å²) in [4.78, 5) is 20.6. The minimum Gasteiger partial charge on any atom is -0.488 e. The average molecular weight is 387 g/mol. The van der Waals surface area contributed by atoms with Gasteiger partial charge in [0.05, 0.1) is 6.61 Å². The van der Waals surface area contributed by atoms with E-state index in [1.165, 1.54) is 5.56 Å². The van der Waals surface area contributed by atoms with E-state index in [-0.39, 0.29) is 12.2 Å². The molecule has 3 rings (SSSR count). The largest absolute Gasteiger partial charge is 0.488 e. The molecule has 0 aliphatic carbocycles. The lowest BCUT2D eigenvalue weighted by atomic mass is 10.1. The average Bonchev–Trinajstić information content (AvgIpc) is 2.70. The standard InChI is InChI=1S/C19H23NO2.C2H2O4/c1-16(22-18-10-6-3-7-11-18)19-15-20(12-13-21-19)14-17-8-4-2-5-9-17;3-1(4)2(5)6/h2-11,16,19H,12-15H2,1H3;(H,3,4)(H,5,6). The highest BCUT2D eigenvalue weighted by atomic mass is 16.5. The van der Waals surface area contributed by atoms with Crippen molar-refractivity contribution in [2.24, 2.45) is 0 Å². The number of morpholine rings is 1. The van der Waals surface area contributed by atoms with E-state index in [2.05, 4.69) is 42.2 Å². The van der Waals surface area contributed by atoms with Crippen molar-refractivity contribution >= 4 is 11.9 Å². The minimum atomic E-state index is -1.82. The molecule has 7 nitrogen and oxygen atoms in total. The molecule has 0 amide bonds. The molecule has 0 saturated carbocycles. The van der Waals surface area contributed by atoms with Crippen LogP contribution in [0.1, 0.15) is 12.5 Å². The number of carbonyl (C=O) groups is 2. The Bertz CT molecular complexity index is 686. The Labute approximate surface area is 164 Å². The van der Waals surface area contributed by atoms with Crippen molar-refractivity contribution in [3.05, 3.63) is 66.2 Å². The number of ether oxygens (including phenoxy) is 2. The Balaban J connectivity index is 0.000000409. The lowest BCUT2D eigenvalue weighted by Crippen LogP contribution is -2.48. The van der Waals surface area contributed by atoms with Gasteiger partial charge in [0, 0.05) is 19.6 Å². The summed E-state index contributed by atoms with van der Waals surface area (Å²) in [5, 5.41) is 14.8. The molecule has 0 spiro atoms. The molecule has 1 aliphatic heterocycles. The molecular weight excluding hydrogens is 362 g/mol. The molecular formula is C21H25NO6. The number of aliphatic carboxylic acids is 2. The van der Waals surface area contributed by atoms with Gasteiger partial charge in [-0.2, -0.15) is 0 Å². The molecule has 0 bridgehead atoms. The third-order valence-corrected chi connectivity index (χ3v) is 4.20. The van der Waals surface area contributed by atoms with Crippen LogP contribution in [0, 0.1) is 0 Å². The highest BCUT2D eigenvalue weighted by molar-refractivity contribution is 6.27. The van der Waals surface area contributed by atoms with E-state index < -0.39 is 11.9 Å². The highest BCUT2D eigenvalue weighted by Crippen LogP contribution is 2.17. The summed E-state index contributed by atoms with van der Waals surface area (Å²) in [6, 6.07) is 20.5. The van der Waals surface area contributed by atoms with Gasteiger partial charge in [0.2, 0.25) is 0 Å². The van der Waals surface area contributed by atoms with Gasteiger partial charge in [0.1, 0.15) is 18.0 Å². The van der Waals surface area contributed by atoms with E-state index in [9.17, 15) is 0 Å². The number of carboxylic acid groups (broad SMARTS) is 2. The fourth-order valence-corrected chi connectivity index (χ4v) is 2.79. The normalized spacial score (nSPS) is 17.7. The molecule has 2 N–H and O–H groups in total.